The van der Waals surface area contributed by atoms with Gasteiger partial charge in [-0.1, -0.05) is 65.7 Å². The molecule has 0 saturated carbocycles. The highest BCUT2D eigenvalue weighted by atomic mass is 35.5. The van der Waals surface area contributed by atoms with Crippen molar-refractivity contribution in [3.05, 3.63) is 105 Å². The van der Waals surface area contributed by atoms with Gasteiger partial charge in [-0.2, -0.15) is 5.10 Å². The van der Waals surface area contributed by atoms with Gasteiger partial charge in [0.15, 0.2) is 5.69 Å². The largest absolute Gasteiger partial charge is 0.481 e. The van der Waals surface area contributed by atoms with Gasteiger partial charge in [-0.05, 0) is 61.6 Å². The molecule has 4 aromatic rings. The predicted octanol–water partition coefficient (Wildman–Crippen LogP) is 7.19. The Hall–Kier alpha value is -3.68. The molecule has 1 aliphatic heterocycles. The second-order valence-corrected chi connectivity index (χ2v) is 10.5. The number of hydrogen-bond acceptors (Lipinski definition) is 3. The Labute approximate surface area is 235 Å². The standard InChI is InChI=1S/C30H26Cl2FN3O3/c1-18(30(38)39)26-27(29(37)35-16-14-19(15-17-35)22-6-2-4-8-24(22)33)34-36(25-9-5-3-7-23(25)32)28(26)20-10-12-21(31)13-11-20/h2-13,18-19H,14-17H2,1H3,(H,38,39). The molecule has 1 fully saturated rings. The lowest BCUT2D eigenvalue weighted by Gasteiger charge is -2.32. The SMILES string of the molecule is CC(C(=O)O)c1c(C(=O)N2CCC(c3ccccc3F)CC2)nn(-c2ccccc2Cl)c1-c1ccc(Cl)cc1. The van der Waals surface area contributed by atoms with Gasteiger partial charge in [0.25, 0.3) is 5.91 Å². The number of carbonyl (C=O) groups is 2. The van der Waals surface area contributed by atoms with Crippen LogP contribution in [-0.2, 0) is 4.79 Å². The molecule has 1 atom stereocenters. The molecule has 2 heterocycles. The van der Waals surface area contributed by atoms with Gasteiger partial charge >= 0.3 is 5.97 Å². The van der Waals surface area contributed by atoms with Crippen molar-refractivity contribution < 1.29 is 19.1 Å². The molecule has 39 heavy (non-hydrogen) atoms. The maximum Gasteiger partial charge on any atom is 0.310 e. The third-order valence-electron chi connectivity index (χ3n) is 7.25. The number of carboxylic acid groups (broad SMARTS) is 1. The fourth-order valence-corrected chi connectivity index (χ4v) is 5.50. The van der Waals surface area contributed by atoms with Crippen LogP contribution in [0.15, 0.2) is 72.8 Å². The summed E-state index contributed by atoms with van der Waals surface area (Å²) in [6.07, 6.45) is 1.18. The van der Waals surface area contributed by atoms with E-state index in [1.807, 2.05) is 6.07 Å². The summed E-state index contributed by atoms with van der Waals surface area (Å²) in [6, 6.07) is 20.7. The molecule has 1 amide bonds. The van der Waals surface area contributed by atoms with E-state index in [4.69, 9.17) is 28.3 Å². The third-order valence-corrected chi connectivity index (χ3v) is 7.83. The zero-order valence-electron chi connectivity index (χ0n) is 21.2. The smallest absolute Gasteiger partial charge is 0.310 e. The number of aliphatic carboxylic acids is 1. The van der Waals surface area contributed by atoms with Crippen LogP contribution in [0.25, 0.3) is 16.9 Å². The normalized spacial score (nSPS) is 14.8. The van der Waals surface area contributed by atoms with Gasteiger partial charge < -0.3 is 10.0 Å². The molecule has 1 unspecified atom stereocenters. The summed E-state index contributed by atoms with van der Waals surface area (Å²) < 4.78 is 15.9. The number of para-hydroxylation sites is 1. The topological polar surface area (TPSA) is 75.4 Å². The Balaban J connectivity index is 1.59. The van der Waals surface area contributed by atoms with Crippen LogP contribution < -0.4 is 0 Å². The molecule has 1 aromatic heterocycles. The van der Waals surface area contributed by atoms with Crippen LogP contribution in [-0.4, -0.2) is 44.8 Å². The van der Waals surface area contributed by atoms with Crippen molar-refractivity contribution in [1.29, 1.82) is 0 Å². The average Bonchev–Trinajstić information content (AvgIpc) is 3.33. The van der Waals surface area contributed by atoms with Crippen LogP contribution in [0.2, 0.25) is 10.0 Å². The van der Waals surface area contributed by atoms with Gasteiger partial charge in [0.2, 0.25) is 0 Å². The van der Waals surface area contributed by atoms with Crippen molar-refractivity contribution in [2.45, 2.75) is 31.6 Å². The van der Waals surface area contributed by atoms with Gasteiger partial charge in [0, 0.05) is 29.2 Å². The molecule has 9 heteroatoms. The van der Waals surface area contributed by atoms with Crippen LogP contribution in [0.1, 0.15) is 53.2 Å². The Morgan fingerprint density at radius 1 is 0.974 bits per heavy atom. The van der Waals surface area contributed by atoms with E-state index < -0.39 is 11.9 Å². The second-order valence-electron chi connectivity index (χ2n) is 9.63. The van der Waals surface area contributed by atoms with Gasteiger partial charge in [0.1, 0.15) is 5.82 Å². The summed E-state index contributed by atoms with van der Waals surface area (Å²) in [5, 5.41) is 15.7. The summed E-state index contributed by atoms with van der Waals surface area (Å²) in [7, 11) is 0. The number of likely N-dealkylation sites (tertiary alicyclic amines) is 1. The quantitative estimate of drug-likeness (QED) is 0.268. The minimum Gasteiger partial charge on any atom is -0.481 e. The number of benzene rings is 3. The highest BCUT2D eigenvalue weighted by Gasteiger charge is 2.35. The van der Waals surface area contributed by atoms with E-state index >= 15 is 0 Å². The number of carboxylic acids is 1. The summed E-state index contributed by atoms with van der Waals surface area (Å²) in [6.45, 7) is 2.33. The highest BCUT2D eigenvalue weighted by molar-refractivity contribution is 6.32. The van der Waals surface area contributed by atoms with Crippen LogP contribution in [0.4, 0.5) is 4.39 Å². The van der Waals surface area contributed by atoms with Crippen molar-refractivity contribution in [1.82, 2.24) is 14.7 Å². The van der Waals surface area contributed by atoms with Crippen LogP contribution >= 0.6 is 23.2 Å². The van der Waals surface area contributed by atoms with Crippen LogP contribution in [0.3, 0.4) is 0 Å². The zero-order valence-corrected chi connectivity index (χ0v) is 22.7. The number of carbonyl (C=O) groups excluding carboxylic acids is 1. The molecule has 1 N–H and O–H groups in total. The minimum absolute atomic E-state index is 0.00188. The van der Waals surface area contributed by atoms with Crippen molar-refractivity contribution in [2.75, 3.05) is 13.1 Å². The lowest BCUT2D eigenvalue weighted by molar-refractivity contribution is -0.138. The maximum atomic E-state index is 14.4. The summed E-state index contributed by atoms with van der Waals surface area (Å²) in [5.41, 5.74) is 2.62. The summed E-state index contributed by atoms with van der Waals surface area (Å²) >= 11 is 12.7. The summed E-state index contributed by atoms with van der Waals surface area (Å²) in [4.78, 5) is 27.9. The molecule has 1 aliphatic rings. The maximum absolute atomic E-state index is 14.4. The zero-order chi connectivity index (χ0) is 27.7. The lowest BCUT2D eigenvalue weighted by atomic mass is 9.88. The van der Waals surface area contributed by atoms with Gasteiger partial charge in [-0.15, -0.1) is 0 Å². The van der Waals surface area contributed by atoms with E-state index in [9.17, 15) is 19.1 Å². The van der Waals surface area contributed by atoms with Gasteiger partial charge in [0.05, 0.1) is 22.3 Å². The molecule has 0 aliphatic carbocycles. The van der Waals surface area contributed by atoms with Gasteiger partial charge in [-0.25, -0.2) is 9.07 Å². The van der Waals surface area contributed by atoms with Crippen LogP contribution in [0.5, 0.6) is 0 Å². The molecule has 0 spiro atoms. The molecule has 6 nitrogen and oxygen atoms in total. The second kappa shape index (κ2) is 11.2. The Bertz CT molecular complexity index is 1530. The molecule has 0 bridgehead atoms. The van der Waals surface area contributed by atoms with Crippen LogP contribution in [0, 0.1) is 5.82 Å². The number of amides is 1. The van der Waals surface area contributed by atoms with Gasteiger partial charge in [-0.3, -0.25) is 9.59 Å². The molecular formula is C30H26Cl2FN3O3. The molecule has 5 rings (SSSR count). The van der Waals surface area contributed by atoms with Crippen molar-refractivity contribution in [3.8, 4) is 16.9 Å². The molecule has 200 valence electrons. The highest BCUT2D eigenvalue weighted by Crippen LogP contribution is 2.38. The third kappa shape index (κ3) is 5.29. The number of aromatic nitrogens is 2. The minimum atomic E-state index is -1.09. The molecule has 1 saturated heterocycles. The monoisotopic (exact) mass is 565 g/mol. The van der Waals surface area contributed by atoms with E-state index in [2.05, 4.69) is 0 Å². The first-order valence-corrected chi connectivity index (χ1v) is 13.4. The van der Waals surface area contributed by atoms with E-state index in [0.29, 0.717) is 64.0 Å². The number of piperidine rings is 1. The Morgan fingerprint density at radius 3 is 2.26 bits per heavy atom. The van der Waals surface area contributed by atoms with Crippen molar-refractivity contribution in [3.63, 3.8) is 0 Å². The van der Waals surface area contributed by atoms with E-state index in [-0.39, 0.29) is 23.3 Å². The van der Waals surface area contributed by atoms with E-state index in [0.717, 1.165) is 0 Å². The lowest BCUT2D eigenvalue weighted by Crippen LogP contribution is -2.39. The predicted molar refractivity (Wildman–Crippen MR) is 149 cm³/mol. The van der Waals surface area contributed by atoms with Crippen molar-refractivity contribution in [2.24, 2.45) is 0 Å². The van der Waals surface area contributed by atoms with E-state index in [1.165, 1.54) is 13.0 Å². The Morgan fingerprint density at radius 2 is 1.62 bits per heavy atom. The number of rotatable bonds is 6. The number of halogens is 3. The molecule has 3 aromatic carbocycles. The fraction of sp³-hybridized carbons (Fsp3) is 0.233. The number of nitrogens with zero attached hydrogens (tertiary/aromatic N) is 3. The Kier molecular flexibility index (Phi) is 7.73. The van der Waals surface area contributed by atoms with Crippen molar-refractivity contribution >= 4 is 35.1 Å². The average molecular weight is 566 g/mol. The summed E-state index contributed by atoms with van der Waals surface area (Å²) in [5.74, 6) is -2.74. The molecule has 0 radical (unpaired) electrons. The first-order valence-electron chi connectivity index (χ1n) is 12.7. The first-order chi connectivity index (χ1) is 18.8. The van der Waals surface area contributed by atoms with E-state index in [1.54, 1.807) is 70.2 Å². The number of hydrogen-bond donors (Lipinski definition) is 1. The fourth-order valence-electron chi connectivity index (χ4n) is 5.15. The first kappa shape index (κ1) is 26.9. The molecular weight excluding hydrogens is 540 g/mol.